The molecule has 3 aromatic carbocycles. The van der Waals surface area contributed by atoms with Crippen molar-refractivity contribution in [2.75, 3.05) is 11.9 Å². The molecule has 4 amide bonds. The van der Waals surface area contributed by atoms with Crippen molar-refractivity contribution in [2.24, 2.45) is 0 Å². The first kappa shape index (κ1) is 44.1. The highest BCUT2D eigenvalue weighted by Crippen LogP contribution is 2.32. The van der Waals surface area contributed by atoms with E-state index in [0.717, 1.165) is 27.9 Å². The predicted molar refractivity (Wildman–Crippen MR) is 228 cm³/mol. The summed E-state index contributed by atoms with van der Waals surface area (Å²) in [4.78, 5) is 53.3. The molecule has 0 fully saturated rings. The summed E-state index contributed by atoms with van der Waals surface area (Å²) in [6, 6.07) is 21.0. The number of anilines is 1. The lowest BCUT2D eigenvalue weighted by atomic mass is 9.92. The smallest absolute Gasteiger partial charge is 0.408 e. The Labute approximate surface area is 352 Å². The molecule has 5 rings (SSSR count). The van der Waals surface area contributed by atoms with Gasteiger partial charge in [-0.15, -0.1) is 0 Å². The van der Waals surface area contributed by atoms with E-state index in [2.05, 4.69) is 31.3 Å². The maximum atomic E-state index is 13.3. The molecule has 0 atom stereocenters. The molecule has 312 valence electrons. The molecule has 0 spiro atoms. The van der Waals surface area contributed by atoms with Gasteiger partial charge in [-0.05, 0) is 62.1 Å². The Balaban J connectivity index is 1.25. The zero-order valence-corrected chi connectivity index (χ0v) is 35.5. The van der Waals surface area contributed by atoms with Crippen LogP contribution in [0.3, 0.4) is 0 Å². The van der Waals surface area contributed by atoms with Crippen molar-refractivity contribution >= 4 is 47.1 Å². The number of urea groups is 1. The molecule has 14 nitrogen and oxygen atoms in total. The molecule has 0 saturated heterocycles. The number of aromatic hydroxyl groups is 1. The van der Waals surface area contributed by atoms with E-state index < -0.39 is 23.3 Å². The molecule has 0 saturated carbocycles. The molecule has 6 N–H and O–H groups in total. The van der Waals surface area contributed by atoms with Crippen molar-refractivity contribution in [1.29, 1.82) is 0 Å². The maximum Gasteiger partial charge on any atom is 0.408 e. The number of phenols is 1. The third-order valence-electron chi connectivity index (χ3n) is 8.90. The molecular weight excluding hydrogens is 797 g/mol. The minimum Gasteiger partial charge on any atom is -0.506 e. The standard InChI is InChI=1S/C43H49Cl2N7O7/c1-25-31(18-26-11-10-12-27(17-26)21-46-36(54)23-48-41(57)59-43(5,6)7)38(37(45)39(55)49-25)58-24-29-14-9-8-13-28(29)22-47-40(56)50-35-20-34(42(2,3)4)51-52(35)30-15-16-32(44)33(53)19-30/h8-17,19-20,53H,18,21-24H2,1-7H3,(H,46,54)(H,48,57)(H,49,55)(H2,47,50,56). The largest absolute Gasteiger partial charge is 0.506 e. The quantitative estimate of drug-likeness (QED) is 0.0692. The Kier molecular flexibility index (Phi) is 14.0. The van der Waals surface area contributed by atoms with Gasteiger partial charge < -0.3 is 35.5 Å². The summed E-state index contributed by atoms with van der Waals surface area (Å²) in [6.07, 6.45) is -0.327. The predicted octanol–water partition coefficient (Wildman–Crippen LogP) is 7.81. The number of hydrogen-bond donors (Lipinski definition) is 6. The van der Waals surface area contributed by atoms with E-state index in [9.17, 15) is 24.3 Å². The number of alkyl carbamates (subject to hydrolysis) is 1. The Morgan fingerprint density at radius 1 is 0.864 bits per heavy atom. The van der Waals surface area contributed by atoms with Gasteiger partial charge in [-0.1, -0.05) is 92.5 Å². The number of ether oxygens (including phenoxy) is 2. The molecular formula is C43H49Cl2N7O7. The van der Waals surface area contributed by atoms with Crippen LogP contribution in [0.15, 0.2) is 77.6 Å². The van der Waals surface area contributed by atoms with Crippen molar-refractivity contribution in [3.8, 4) is 17.2 Å². The van der Waals surface area contributed by atoms with Gasteiger partial charge in [0, 0.05) is 48.3 Å². The maximum absolute atomic E-state index is 13.3. The summed E-state index contributed by atoms with van der Waals surface area (Å²) < 4.78 is 13.0. The lowest BCUT2D eigenvalue weighted by Gasteiger charge is -2.19. The highest BCUT2D eigenvalue weighted by Gasteiger charge is 2.23. The summed E-state index contributed by atoms with van der Waals surface area (Å²) >= 11 is 12.6. The average Bonchev–Trinajstić information content (AvgIpc) is 3.59. The van der Waals surface area contributed by atoms with Crippen LogP contribution in [-0.2, 0) is 41.1 Å². The second-order valence-electron chi connectivity index (χ2n) is 15.9. The monoisotopic (exact) mass is 845 g/mol. The summed E-state index contributed by atoms with van der Waals surface area (Å²) in [6.45, 7) is 13.2. The number of hydrogen-bond acceptors (Lipinski definition) is 8. The number of phenolic OH excluding ortho intramolecular Hbond substituents is 1. The van der Waals surface area contributed by atoms with Gasteiger partial charge in [-0.2, -0.15) is 5.10 Å². The van der Waals surface area contributed by atoms with E-state index in [0.29, 0.717) is 29.2 Å². The number of rotatable bonds is 13. The number of aryl methyl sites for hydroxylation is 1. The third-order valence-corrected chi connectivity index (χ3v) is 9.57. The van der Waals surface area contributed by atoms with Crippen LogP contribution >= 0.6 is 23.2 Å². The Morgan fingerprint density at radius 2 is 1.58 bits per heavy atom. The van der Waals surface area contributed by atoms with Gasteiger partial charge in [0.05, 0.1) is 16.4 Å². The number of aromatic nitrogens is 3. The number of pyridine rings is 1. The van der Waals surface area contributed by atoms with E-state index in [1.54, 1.807) is 45.9 Å². The molecule has 2 heterocycles. The normalized spacial score (nSPS) is 11.5. The SMILES string of the molecule is Cc1[nH]c(=O)c(Cl)c(OCc2ccccc2CNC(=O)Nc2cc(C(C)(C)C)nn2-c2ccc(Cl)c(O)c2)c1Cc1cccc(CNC(=O)CNC(=O)OC(C)(C)C)c1. The Morgan fingerprint density at radius 3 is 2.27 bits per heavy atom. The topological polar surface area (TPSA) is 189 Å². The van der Waals surface area contributed by atoms with Gasteiger partial charge in [0.1, 0.15) is 41.1 Å². The minimum atomic E-state index is -0.681. The van der Waals surface area contributed by atoms with Crippen LogP contribution in [0.5, 0.6) is 11.5 Å². The number of nitrogens with one attached hydrogen (secondary N) is 5. The second kappa shape index (κ2) is 18.7. The fourth-order valence-corrected chi connectivity index (χ4v) is 6.21. The molecule has 16 heteroatoms. The van der Waals surface area contributed by atoms with E-state index in [-0.39, 0.29) is 59.1 Å². The molecule has 0 aliphatic carbocycles. The lowest BCUT2D eigenvalue weighted by molar-refractivity contribution is -0.120. The van der Waals surface area contributed by atoms with Gasteiger partial charge in [0.15, 0.2) is 0 Å². The second-order valence-corrected chi connectivity index (χ2v) is 16.7. The summed E-state index contributed by atoms with van der Waals surface area (Å²) in [5.41, 5.74) is 4.20. The summed E-state index contributed by atoms with van der Waals surface area (Å²) in [7, 11) is 0. The first-order valence-electron chi connectivity index (χ1n) is 18.8. The molecule has 2 aromatic heterocycles. The third kappa shape index (κ3) is 12.3. The van der Waals surface area contributed by atoms with Gasteiger partial charge in [0.25, 0.3) is 5.56 Å². The van der Waals surface area contributed by atoms with Crippen LogP contribution < -0.4 is 31.6 Å². The Hall–Kier alpha value is -5.99. The first-order chi connectivity index (χ1) is 27.8. The molecule has 0 unspecified atom stereocenters. The van der Waals surface area contributed by atoms with Crippen molar-refractivity contribution < 1.29 is 29.0 Å². The number of halogens is 2. The van der Waals surface area contributed by atoms with Gasteiger partial charge in [-0.25, -0.2) is 14.3 Å². The molecule has 59 heavy (non-hydrogen) atoms. The van der Waals surface area contributed by atoms with Crippen LogP contribution in [0.2, 0.25) is 10.0 Å². The van der Waals surface area contributed by atoms with Crippen molar-refractivity contribution in [2.45, 2.75) is 85.6 Å². The van der Waals surface area contributed by atoms with Gasteiger partial charge >= 0.3 is 12.1 Å². The summed E-state index contributed by atoms with van der Waals surface area (Å²) in [5, 5.41) is 26.0. The van der Waals surface area contributed by atoms with Crippen LogP contribution in [0.4, 0.5) is 15.4 Å². The molecule has 0 aliphatic rings. The molecule has 5 aromatic rings. The minimum absolute atomic E-state index is 0.0419. The van der Waals surface area contributed by atoms with Gasteiger partial charge in [0.2, 0.25) is 5.91 Å². The zero-order chi connectivity index (χ0) is 43.1. The fourth-order valence-electron chi connectivity index (χ4n) is 5.88. The van der Waals surface area contributed by atoms with Gasteiger partial charge in [-0.3, -0.25) is 14.9 Å². The van der Waals surface area contributed by atoms with Crippen molar-refractivity contribution in [1.82, 2.24) is 30.7 Å². The van der Waals surface area contributed by atoms with Crippen molar-refractivity contribution in [3.05, 3.63) is 132 Å². The highest BCUT2D eigenvalue weighted by molar-refractivity contribution is 6.32. The van der Waals surface area contributed by atoms with E-state index in [1.807, 2.05) is 69.3 Å². The summed E-state index contributed by atoms with van der Waals surface area (Å²) in [5.74, 6) is 0.126. The average molecular weight is 847 g/mol. The van der Waals surface area contributed by atoms with Crippen molar-refractivity contribution in [3.63, 3.8) is 0 Å². The van der Waals surface area contributed by atoms with Crippen LogP contribution in [0.25, 0.3) is 5.69 Å². The number of amides is 4. The first-order valence-corrected chi connectivity index (χ1v) is 19.6. The number of benzene rings is 3. The number of carbonyl (C=O) groups is 3. The molecule has 0 bridgehead atoms. The highest BCUT2D eigenvalue weighted by atomic mass is 35.5. The van der Waals surface area contributed by atoms with E-state index in [4.69, 9.17) is 32.7 Å². The van der Waals surface area contributed by atoms with E-state index in [1.165, 1.54) is 10.7 Å². The van der Waals surface area contributed by atoms with Crippen LogP contribution in [-0.4, -0.2) is 50.0 Å². The number of aromatic amines is 1. The number of carbonyl (C=O) groups excluding carboxylic acids is 3. The Bertz CT molecular complexity index is 2400. The molecule has 0 radical (unpaired) electrons. The zero-order valence-electron chi connectivity index (χ0n) is 34.0. The number of nitrogens with zero attached hydrogens (tertiary/aromatic N) is 2. The number of H-pyrrole nitrogens is 1. The van der Waals surface area contributed by atoms with E-state index >= 15 is 0 Å². The fraction of sp³-hybridized carbons (Fsp3) is 0.326. The van der Waals surface area contributed by atoms with Crippen LogP contribution in [0.1, 0.15) is 80.7 Å². The molecule has 0 aliphatic heterocycles. The van der Waals surface area contributed by atoms with Crippen LogP contribution in [0, 0.1) is 6.92 Å². The lowest BCUT2D eigenvalue weighted by Crippen LogP contribution is -2.39.